The number of aromatic nitrogens is 1. The first-order valence-corrected chi connectivity index (χ1v) is 8.50. The molecule has 0 aliphatic heterocycles. The predicted molar refractivity (Wildman–Crippen MR) is 93.3 cm³/mol. The Kier molecular flexibility index (Phi) is 5.69. The molecule has 1 heterocycles. The summed E-state index contributed by atoms with van der Waals surface area (Å²) in [6.07, 6.45) is 2.26. The molecule has 0 radical (unpaired) electrons. The second kappa shape index (κ2) is 7.53. The van der Waals surface area contributed by atoms with E-state index >= 15 is 0 Å². The summed E-state index contributed by atoms with van der Waals surface area (Å²) in [5.74, 6) is 0.540. The number of hydrogen-bond donors (Lipinski definition) is 0. The standard InChI is InChI=1S/C19H27NO3/c1-6-9-13(4)23-15-10-11-17-16(12-15)18(19(21)22-8-3)14(5)20(17)7-2/h10-13H,6-9H2,1-5H3/t13-/m0/s1. The van der Waals surface area contributed by atoms with Gasteiger partial charge in [0.05, 0.1) is 18.3 Å². The second-order valence-corrected chi connectivity index (χ2v) is 5.82. The Labute approximate surface area is 138 Å². The van der Waals surface area contributed by atoms with Crippen LogP contribution in [0.2, 0.25) is 0 Å². The van der Waals surface area contributed by atoms with Crippen molar-refractivity contribution in [2.45, 2.75) is 60.1 Å². The van der Waals surface area contributed by atoms with Gasteiger partial charge in [0.25, 0.3) is 0 Å². The highest BCUT2D eigenvalue weighted by Gasteiger charge is 2.21. The molecule has 4 nitrogen and oxygen atoms in total. The molecule has 4 heteroatoms. The highest BCUT2D eigenvalue weighted by molar-refractivity contribution is 6.06. The van der Waals surface area contributed by atoms with E-state index in [1.165, 1.54) is 0 Å². The molecule has 0 aliphatic rings. The molecule has 0 saturated heterocycles. The van der Waals surface area contributed by atoms with Gasteiger partial charge in [-0.15, -0.1) is 0 Å². The Morgan fingerprint density at radius 3 is 2.61 bits per heavy atom. The number of carbonyl (C=O) groups excluding carboxylic acids is 1. The third-order valence-electron chi connectivity index (χ3n) is 4.12. The minimum atomic E-state index is -0.263. The number of carbonyl (C=O) groups is 1. The molecule has 0 amide bonds. The van der Waals surface area contributed by atoms with Crippen molar-refractivity contribution in [2.24, 2.45) is 0 Å². The molecule has 0 fully saturated rings. The van der Waals surface area contributed by atoms with Crippen molar-refractivity contribution < 1.29 is 14.3 Å². The van der Waals surface area contributed by atoms with Crippen LogP contribution in [-0.4, -0.2) is 23.2 Å². The number of hydrogen-bond acceptors (Lipinski definition) is 3. The first-order valence-electron chi connectivity index (χ1n) is 8.50. The van der Waals surface area contributed by atoms with Gasteiger partial charge in [-0.2, -0.15) is 0 Å². The van der Waals surface area contributed by atoms with Gasteiger partial charge in [0, 0.05) is 23.1 Å². The molecule has 0 unspecified atom stereocenters. The Bertz CT molecular complexity index is 687. The first-order chi connectivity index (χ1) is 11.0. The number of nitrogens with zero attached hydrogens (tertiary/aromatic N) is 1. The summed E-state index contributed by atoms with van der Waals surface area (Å²) in [7, 11) is 0. The zero-order valence-electron chi connectivity index (χ0n) is 14.8. The molecule has 23 heavy (non-hydrogen) atoms. The molecule has 0 bridgehead atoms. The van der Waals surface area contributed by atoms with Gasteiger partial charge in [0.2, 0.25) is 0 Å². The quantitative estimate of drug-likeness (QED) is 0.694. The molecule has 0 spiro atoms. The smallest absolute Gasteiger partial charge is 0.340 e. The molecule has 0 N–H and O–H groups in total. The largest absolute Gasteiger partial charge is 0.491 e. The second-order valence-electron chi connectivity index (χ2n) is 5.82. The van der Waals surface area contributed by atoms with E-state index in [9.17, 15) is 4.79 Å². The minimum absolute atomic E-state index is 0.165. The lowest BCUT2D eigenvalue weighted by molar-refractivity contribution is 0.0527. The minimum Gasteiger partial charge on any atom is -0.491 e. The average molecular weight is 317 g/mol. The van der Waals surface area contributed by atoms with Gasteiger partial charge in [-0.3, -0.25) is 0 Å². The highest BCUT2D eigenvalue weighted by atomic mass is 16.5. The van der Waals surface area contributed by atoms with Crippen LogP contribution in [0.3, 0.4) is 0 Å². The topological polar surface area (TPSA) is 40.5 Å². The maximum Gasteiger partial charge on any atom is 0.340 e. The van der Waals surface area contributed by atoms with Crippen molar-refractivity contribution in [3.63, 3.8) is 0 Å². The van der Waals surface area contributed by atoms with Crippen LogP contribution in [0.4, 0.5) is 0 Å². The van der Waals surface area contributed by atoms with Gasteiger partial charge in [0.15, 0.2) is 0 Å². The van der Waals surface area contributed by atoms with Crippen LogP contribution >= 0.6 is 0 Å². The Hall–Kier alpha value is -1.97. The van der Waals surface area contributed by atoms with Gasteiger partial charge < -0.3 is 14.0 Å². The molecule has 2 aromatic rings. The van der Waals surface area contributed by atoms with Crippen LogP contribution in [0.25, 0.3) is 10.9 Å². The number of rotatable bonds is 7. The third-order valence-corrected chi connectivity index (χ3v) is 4.12. The number of esters is 1. The van der Waals surface area contributed by atoms with Gasteiger partial charge in [-0.25, -0.2) is 4.79 Å². The first kappa shape index (κ1) is 17.4. The Balaban J connectivity index is 2.50. The molecule has 0 aliphatic carbocycles. The van der Waals surface area contributed by atoms with Crippen molar-refractivity contribution in [1.29, 1.82) is 0 Å². The van der Waals surface area contributed by atoms with Gasteiger partial charge in [-0.05, 0) is 52.3 Å². The van der Waals surface area contributed by atoms with E-state index in [-0.39, 0.29) is 12.1 Å². The maximum absolute atomic E-state index is 12.4. The number of benzene rings is 1. The van der Waals surface area contributed by atoms with Crippen molar-refractivity contribution in [2.75, 3.05) is 6.61 Å². The molecular formula is C19H27NO3. The molecular weight excluding hydrogens is 290 g/mol. The maximum atomic E-state index is 12.4. The molecule has 1 atom stereocenters. The molecule has 2 rings (SSSR count). The SMILES string of the molecule is CCC[C@H](C)Oc1ccc2c(c1)c(C(=O)OCC)c(C)n2CC. The normalized spacial score (nSPS) is 12.4. The lowest BCUT2D eigenvalue weighted by atomic mass is 10.1. The summed E-state index contributed by atoms with van der Waals surface area (Å²) >= 11 is 0. The lowest BCUT2D eigenvalue weighted by Crippen LogP contribution is -2.11. The van der Waals surface area contributed by atoms with Crippen molar-refractivity contribution >= 4 is 16.9 Å². The predicted octanol–water partition coefficient (Wildman–Crippen LogP) is 4.71. The lowest BCUT2D eigenvalue weighted by Gasteiger charge is -2.14. The van der Waals surface area contributed by atoms with E-state index < -0.39 is 0 Å². The molecule has 0 saturated carbocycles. The fraction of sp³-hybridized carbons (Fsp3) is 0.526. The van der Waals surface area contributed by atoms with E-state index in [1.54, 1.807) is 0 Å². The van der Waals surface area contributed by atoms with Gasteiger partial charge in [0.1, 0.15) is 5.75 Å². The van der Waals surface area contributed by atoms with Crippen LogP contribution in [0, 0.1) is 6.92 Å². The summed E-state index contributed by atoms with van der Waals surface area (Å²) in [4.78, 5) is 12.4. The Morgan fingerprint density at radius 2 is 2.00 bits per heavy atom. The van der Waals surface area contributed by atoms with E-state index in [0.717, 1.165) is 41.7 Å². The summed E-state index contributed by atoms with van der Waals surface area (Å²) in [6.45, 7) is 11.3. The summed E-state index contributed by atoms with van der Waals surface area (Å²) in [5.41, 5.74) is 2.64. The van der Waals surface area contributed by atoms with Crippen molar-refractivity contribution in [3.05, 3.63) is 29.5 Å². The monoisotopic (exact) mass is 317 g/mol. The number of ether oxygens (including phenoxy) is 2. The summed E-state index contributed by atoms with van der Waals surface area (Å²) in [5, 5.41) is 0.906. The van der Waals surface area contributed by atoms with E-state index in [1.807, 2.05) is 32.0 Å². The van der Waals surface area contributed by atoms with Gasteiger partial charge in [-0.1, -0.05) is 13.3 Å². The van der Waals surface area contributed by atoms with Crippen LogP contribution in [0.1, 0.15) is 56.6 Å². The van der Waals surface area contributed by atoms with E-state index in [0.29, 0.717) is 12.2 Å². The van der Waals surface area contributed by atoms with E-state index in [2.05, 4.69) is 25.3 Å². The van der Waals surface area contributed by atoms with Crippen LogP contribution in [-0.2, 0) is 11.3 Å². The van der Waals surface area contributed by atoms with E-state index in [4.69, 9.17) is 9.47 Å². The van der Waals surface area contributed by atoms with Crippen LogP contribution in [0.5, 0.6) is 5.75 Å². The van der Waals surface area contributed by atoms with Crippen molar-refractivity contribution in [1.82, 2.24) is 4.57 Å². The zero-order chi connectivity index (χ0) is 17.0. The van der Waals surface area contributed by atoms with Crippen LogP contribution in [0.15, 0.2) is 18.2 Å². The van der Waals surface area contributed by atoms with Crippen LogP contribution < -0.4 is 4.74 Å². The molecule has 1 aromatic heterocycles. The van der Waals surface area contributed by atoms with Gasteiger partial charge >= 0.3 is 5.97 Å². The third kappa shape index (κ3) is 3.52. The summed E-state index contributed by atoms with van der Waals surface area (Å²) < 4.78 is 13.4. The Morgan fingerprint density at radius 1 is 1.26 bits per heavy atom. The summed E-state index contributed by atoms with van der Waals surface area (Å²) in [6, 6.07) is 5.98. The van der Waals surface area contributed by atoms with Crippen molar-refractivity contribution in [3.8, 4) is 5.75 Å². The number of aryl methyl sites for hydroxylation is 1. The molecule has 1 aromatic carbocycles. The highest BCUT2D eigenvalue weighted by Crippen LogP contribution is 2.30. The average Bonchev–Trinajstić information content (AvgIpc) is 2.78. The molecule has 126 valence electrons. The fourth-order valence-electron chi connectivity index (χ4n) is 3.10. The number of fused-ring (bicyclic) bond motifs is 1. The fourth-order valence-corrected chi connectivity index (χ4v) is 3.10. The zero-order valence-corrected chi connectivity index (χ0v) is 14.8.